The normalized spacial score (nSPS) is 16.2. The molecule has 0 bridgehead atoms. The number of rotatable bonds is 3. The highest BCUT2D eigenvalue weighted by molar-refractivity contribution is 7.21. The van der Waals surface area contributed by atoms with Crippen molar-refractivity contribution < 1.29 is 28.6 Å². The highest BCUT2D eigenvalue weighted by Crippen LogP contribution is 2.35. The van der Waals surface area contributed by atoms with Gasteiger partial charge in [0.1, 0.15) is 10.5 Å². The molecule has 0 radical (unpaired) electrons. The van der Waals surface area contributed by atoms with Crippen LogP contribution in [0.15, 0.2) is 23.8 Å². The summed E-state index contributed by atoms with van der Waals surface area (Å²) in [6, 6.07) is 5.16. The summed E-state index contributed by atoms with van der Waals surface area (Å²) in [6.45, 7) is 4.93. The molecule has 0 aliphatic carbocycles. The van der Waals surface area contributed by atoms with Gasteiger partial charge in [-0.3, -0.25) is 0 Å². The van der Waals surface area contributed by atoms with Crippen molar-refractivity contribution in [3.63, 3.8) is 0 Å². The number of ether oxygens (including phenoxy) is 3. The van der Waals surface area contributed by atoms with E-state index in [-0.39, 0.29) is 12.2 Å². The monoisotopic (exact) mass is 375 g/mol. The van der Waals surface area contributed by atoms with Gasteiger partial charge in [-0.1, -0.05) is 6.07 Å². The highest BCUT2D eigenvalue weighted by atomic mass is 32.1. The number of hydrogen-bond donors (Lipinski definition) is 1. The first-order valence-electron chi connectivity index (χ1n) is 7.89. The number of carbonyl (C=O) groups is 3. The van der Waals surface area contributed by atoms with Gasteiger partial charge < -0.3 is 19.9 Å². The van der Waals surface area contributed by atoms with Crippen LogP contribution in [0.2, 0.25) is 0 Å². The Balaban J connectivity index is 1.99. The van der Waals surface area contributed by atoms with Crippen LogP contribution in [0.3, 0.4) is 0 Å². The highest BCUT2D eigenvalue weighted by Gasteiger charge is 2.38. The SMILES string of the molecule is CCOC(=O)c1sc2ccc(C=C3C(=O)OC(C)(C)OC3=O)cc2c1N. The Bertz CT molecular complexity index is 934. The lowest BCUT2D eigenvalue weighted by molar-refractivity contribution is -0.222. The number of cyclic esters (lactones) is 2. The number of esters is 3. The van der Waals surface area contributed by atoms with Crippen molar-refractivity contribution in [3.05, 3.63) is 34.2 Å². The quantitative estimate of drug-likeness (QED) is 0.499. The topological polar surface area (TPSA) is 105 Å². The van der Waals surface area contributed by atoms with Crippen LogP contribution in [0.5, 0.6) is 0 Å². The Hall–Kier alpha value is -2.87. The average Bonchev–Trinajstić information content (AvgIpc) is 2.87. The largest absolute Gasteiger partial charge is 0.462 e. The van der Waals surface area contributed by atoms with Gasteiger partial charge in [-0.25, -0.2) is 14.4 Å². The average molecular weight is 375 g/mol. The number of anilines is 1. The van der Waals surface area contributed by atoms with E-state index in [1.54, 1.807) is 25.1 Å². The van der Waals surface area contributed by atoms with E-state index in [9.17, 15) is 14.4 Å². The van der Waals surface area contributed by atoms with Crippen LogP contribution in [-0.2, 0) is 23.8 Å². The third-order valence-corrected chi connectivity index (χ3v) is 4.81. The molecule has 136 valence electrons. The minimum atomic E-state index is -1.29. The maximum absolute atomic E-state index is 12.0. The van der Waals surface area contributed by atoms with Gasteiger partial charge in [0, 0.05) is 23.9 Å². The molecule has 2 aromatic rings. The zero-order chi connectivity index (χ0) is 19.1. The number of thiophene rings is 1. The molecule has 8 heteroatoms. The van der Waals surface area contributed by atoms with Crippen LogP contribution in [-0.4, -0.2) is 30.3 Å². The standard InChI is InChI=1S/C18H17NO6S/c1-4-23-17(22)14-13(19)10-7-9(5-6-12(10)26-14)8-11-15(20)24-18(2,3)25-16(11)21/h5-8H,4,19H2,1-3H3. The second-order valence-electron chi connectivity index (χ2n) is 6.06. The maximum atomic E-state index is 12.0. The second-order valence-corrected chi connectivity index (χ2v) is 7.11. The van der Waals surface area contributed by atoms with Gasteiger partial charge in [-0.15, -0.1) is 11.3 Å². The number of nitrogen functional groups attached to an aromatic ring is 1. The molecule has 0 spiro atoms. The van der Waals surface area contributed by atoms with Gasteiger partial charge >= 0.3 is 17.9 Å². The summed E-state index contributed by atoms with van der Waals surface area (Å²) in [7, 11) is 0. The molecule has 1 saturated heterocycles. The van der Waals surface area contributed by atoms with Gasteiger partial charge in [0.15, 0.2) is 0 Å². The molecule has 26 heavy (non-hydrogen) atoms. The number of nitrogens with two attached hydrogens (primary N) is 1. The predicted octanol–water partition coefficient (Wildman–Crippen LogP) is 2.88. The van der Waals surface area contributed by atoms with Gasteiger partial charge in [0.05, 0.1) is 12.3 Å². The first-order valence-corrected chi connectivity index (χ1v) is 8.71. The van der Waals surface area contributed by atoms with Crippen LogP contribution in [0.1, 0.15) is 36.0 Å². The molecule has 0 unspecified atom stereocenters. The van der Waals surface area contributed by atoms with Crippen molar-refractivity contribution in [2.24, 2.45) is 0 Å². The Morgan fingerprint density at radius 3 is 2.54 bits per heavy atom. The van der Waals surface area contributed by atoms with Gasteiger partial charge in [-0.2, -0.15) is 0 Å². The van der Waals surface area contributed by atoms with Crippen molar-refractivity contribution in [2.45, 2.75) is 26.6 Å². The van der Waals surface area contributed by atoms with Crippen LogP contribution >= 0.6 is 11.3 Å². The molecule has 1 aliphatic heterocycles. The first-order chi connectivity index (χ1) is 12.2. The van der Waals surface area contributed by atoms with E-state index in [4.69, 9.17) is 19.9 Å². The lowest BCUT2D eigenvalue weighted by atomic mass is 10.1. The Labute approximate surface area is 153 Å². The fourth-order valence-corrected chi connectivity index (χ4v) is 3.51. The Morgan fingerprint density at radius 1 is 1.27 bits per heavy atom. The van der Waals surface area contributed by atoms with Crippen LogP contribution in [0.4, 0.5) is 5.69 Å². The summed E-state index contributed by atoms with van der Waals surface area (Å²) in [6.07, 6.45) is 1.38. The molecule has 0 atom stereocenters. The summed E-state index contributed by atoms with van der Waals surface area (Å²) in [4.78, 5) is 36.4. The molecule has 0 saturated carbocycles. The lowest BCUT2D eigenvalue weighted by Gasteiger charge is -2.29. The number of hydrogen-bond acceptors (Lipinski definition) is 8. The number of benzene rings is 1. The van der Waals surface area contributed by atoms with E-state index in [1.165, 1.54) is 31.3 Å². The second kappa shape index (κ2) is 6.45. The molecule has 1 aromatic carbocycles. The van der Waals surface area contributed by atoms with Crippen molar-refractivity contribution in [2.75, 3.05) is 12.3 Å². The van der Waals surface area contributed by atoms with Crippen molar-refractivity contribution >= 4 is 51.1 Å². The van der Waals surface area contributed by atoms with Gasteiger partial charge in [0.2, 0.25) is 0 Å². The van der Waals surface area contributed by atoms with E-state index in [1.807, 2.05) is 0 Å². The van der Waals surface area contributed by atoms with Gasteiger partial charge in [-0.05, 0) is 30.7 Å². The molecule has 2 heterocycles. The minimum Gasteiger partial charge on any atom is -0.462 e. The van der Waals surface area contributed by atoms with E-state index >= 15 is 0 Å². The zero-order valence-corrected chi connectivity index (χ0v) is 15.3. The predicted molar refractivity (Wildman–Crippen MR) is 96.4 cm³/mol. The third kappa shape index (κ3) is 3.28. The van der Waals surface area contributed by atoms with Crippen molar-refractivity contribution in [1.82, 2.24) is 0 Å². The number of carbonyl (C=O) groups excluding carboxylic acids is 3. The molecule has 1 aliphatic rings. The van der Waals surface area contributed by atoms with E-state index in [0.717, 1.165) is 4.70 Å². The molecule has 0 amide bonds. The van der Waals surface area contributed by atoms with Crippen molar-refractivity contribution in [3.8, 4) is 0 Å². The summed E-state index contributed by atoms with van der Waals surface area (Å²) in [5.74, 6) is -3.27. The summed E-state index contributed by atoms with van der Waals surface area (Å²) in [5.41, 5.74) is 6.72. The Kier molecular flexibility index (Phi) is 4.45. The fourth-order valence-electron chi connectivity index (χ4n) is 2.52. The Morgan fingerprint density at radius 2 is 1.92 bits per heavy atom. The number of fused-ring (bicyclic) bond motifs is 1. The minimum absolute atomic E-state index is 0.205. The molecular weight excluding hydrogens is 358 g/mol. The summed E-state index contributed by atoms with van der Waals surface area (Å²) >= 11 is 1.22. The lowest BCUT2D eigenvalue weighted by Crippen LogP contribution is -2.41. The van der Waals surface area contributed by atoms with E-state index < -0.39 is 23.7 Å². The van der Waals surface area contributed by atoms with Crippen LogP contribution < -0.4 is 5.73 Å². The van der Waals surface area contributed by atoms with Crippen molar-refractivity contribution in [1.29, 1.82) is 0 Å². The summed E-state index contributed by atoms with van der Waals surface area (Å²) in [5, 5.41) is 0.644. The molecule has 1 aromatic heterocycles. The molecule has 1 fully saturated rings. The zero-order valence-electron chi connectivity index (χ0n) is 14.5. The smallest absolute Gasteiger partial charge is 0.350 e. The fraction of sp³-hybridized carbons (Fsp3) is 0.278. The van der Waals surface area contributed by atoms with Crippen LogP contribution in [0, 0.1) is 0 Å². The third-order valence-electron chi connectivity index (χ3n) is 3.64. The molecular formula is C18H17NO6S. The van der Waals surface area contributed by atoms with Gasteiger partial charge in [0.25, 0.3) is 5.79 Å². The van der Waals surface area contributed by atoms with E-state index in [2.05, 4.69) is 0 Å². The molecule has 7 nitrogen and oxygen atoms in total. The van der Waals surface area contributed by atoms with Crippen LogP contribution in [0.25, 0.3) is 16.2 Å². The molecule has 3 rings (SSSR count). The maximum Gasteiger partial charge on any atom is 0.350 e. The first kappa shape index (κ1) is 17.9. The summed E-state index contributed by atoms with van der Waals surface area (Å²) < 4.78 is 15.9. The van der Waals surface area contributed by atoms with E-state index in [0.29, 0.717) is 21.5 Å². The molecule has 2 N–H and O–H groups in total.